The molecule has 1 aromatic heterocycles. The molecule has 2 aliphatic carbocycles. The zero-order valence-electron chi connectivity index (χ0n) is 19.7. The lowest BCUT2D eigenvalue weighted by Gasteiger charge is -2.34. The molecule has 34 heavy (non-hydrogen) atoms. The molecule has 0 spiro atoms. The molecule has 2 atom stereocenters. The molecule has 2 heterocycles. The topological polar surface area (TPSA) is 93.6 Å². The van der Waals surface area contributed by atoms with Gasteiger partial charge in [0.1, 0.15) is 0 Å². The molecule has 0 N–H and O–H groups in total. The number of fused-ring (bicyclic) bond motifs is 2. The van der Waals surface area contributed by atoms with Crippen LogP contribution in [0.1, 0.15) is 67.1 Å². The minimum absolute atomic E-state index is 0.00355. The molecule has 1 saturated heterocycles. The van der Waals surface area contributed by atoms with Gasteiger partial charge in [-0.3, -0.25) is 9.78 Å². The van der Waals surface area contributed by atoms with E-state index in [1.807, 2.05) is 24.3 Å². The van der Waals surface area contributed by atoms with Crippen molar-refractivity contribution in [2.75, 3.05) is 18.1 Å². The molecular weight excluding hydrogens is 452 g/mol. The number of hydrogen-bond donors (Lipinski definition) is 0. The Labute approximate surface area is 200 Å². The van der Waals surface area contributed by atoms with Gasteiger partial charge in [0.25, 0.3) is 5.91 Å². The van der Waals surface area contributed by atoms with Gasteiger partial charge in [0, 0.05) is 23.2 Å². The van der Waals surface area contributed by atoms with Crippen LogP contribution in [0.4, 0.5) is 0 Å². The van der Waals surface area contributed by atoms with Crippen molar-refractivity contribution in [1.29, 1.82) is 0 Å². The average molecular weight is 485 g/mol. The summed E-state index contributed by atoms with van der Waals surface area (Å²) in [6, 6.07) is 7.27. The van der Waals surface area contributed by atoms with E-state index in [1.165, 1.54) is 0 Å². The van der Waals surface area contributed by atoms with Gasteiger partial charge in [-0.15, -0.1) is 0 Å². The molecule has 2 unspecified atom stereocenters. The van der Waals surface area contributed by atoms with Crippen molar-refractivity contribution in [3.05, 3.63) is 41.1 Å². The third kappa shape index (κ3) is 4.57. The van der Waals surface area contributed by atoms with Gasteiger partial charge in [0.05, 0.1) is 22.6 Å². The smallest absolute Gasteiger partial charge is 0.339 e. The predicted molar refractivity (Wildman–Crippen MR) is 129 cm³/mol. The Hall–Kier alpha value is -2.48. The van der Waals surface area contributed by atoms with E-state index in [0.29, 0.717) is 17.9 Å². The number of aromatic nitrogens is 1. The van der Waals surface area contributed by atoms with E-state index in [-0.39, 0.29) is 36.1 Å². The summed E-state index contributed by atoms with van der Waals surface area (Å²) in [5, 5.41) is 0.752. The molecule has 0 bridgehead atoms. The van der Waals surface area contributed by atoms with Crippen molar-refractivity contribution in [1.82, 2.24) is 9.88 Å². The largest absolute Gasteiger partial charge is 0.452 e. The minimum atomic E-state index is -3.13. The fourth-order valence-corrected chi connectivity index (χ4v) is 7.66. The molecule has 7 nitrogen and oxygen atoms in total. The molecule has 1 amide bonds. The third-order valence-corrected chi connectivity index (χ3v) is 9.39. The molecule has 182 valence electrons. The highest BCUT2D eigenvalue weighted by atomic mass is 32.2. The molecule has 1 aliphatic heterocycles. The van der Waals surface area contributed by atoms with Crippen LogP contribution >= 0.6 is 0 Å². The maximum Gasteiger partial charge on any atom is 0.339 e. The summed E-state index contributed by atoms with van der Waals surface area (Å²) in [5.74, 6) is -0.221. The SMILES string of the molecule is CC1CCc2nc3ccccc3c(C(=O)OCC(=O)N(C3CCCC3)C3CCS(=O)(=O)C3)c2C1. The molecule has 5 rings (SSSR count). The van der Waals surface area contributed by atoms with Crippen molar-refractivity contribution in [2.45, 2.75) is 70.4 Å². The first-order valence-electron chi connectivity index (χ1n) is 12.4. The van der Waals surface area contributed by atoms with E-state index in [1.54, 1.807) is 4.90 Å². The second-order valence-electron chi connectivity index (χ2n) is 10.1. The van der Waals surface area contributed by atoms with Crippen LogP contribution in [0, 0.1) is 5.92 Å². The normalized spacial score (nSPS) is 24.1. The summed E-state index contributed by atoms with van der Waals surface area (Å²) in [5.41, 5.74) is 3.16. The van der Waals surface area contributed by atoms with Crippen LogP contribution in [-0.4, -0.2) is 60.4 Å². The number of ether oxygens (including phenoxy) is 1. The van der Waals surface area contributed by atoms with Crippen LogP contribution in [0.5, 0.6) is 0 Å². The summed E-state index contributed by atoms with van der Waals surface area (Å²) in [4.78, 5) is 33.2. The lowest BCUT2D eigenvalue weighted by molar-refractivity contribution is -0.139. The summed E-state index contributed by atoms with van der Waals surface area (Å²) in [6.07, 6.45) is 6.88. The molecular formula is C26H32N2O5S. The molecule has 0 radical (unpaired) electrons. The van der Waals surface area contributed by atoms with Gasteiger partial charge in [-0.25, -0.2) is 13.2 Å². The Balaban J connectivity index is 1.39. The number of benzene rings is 1. The number of amides is 1. The fourth-order valence-electron chi connectivity index (χ4n) is 5.95. The number of pyridine rings is 1. The van der Waals surface area contributed by atoms with Crippen LogP contribution in [-0.2, 0) is 32.2 Å². The molecule has 3 aliphatic rings. The van der Waals surface area contributed by atoms with E-state index in [2.05, 4.69) is 6.92 Å². The van der Waals surface area contributed by atoms with Gasteiger partial charge in [-0.2, -0.15) is 0 Å². The summed E-state index contributed by atoms with van der Waals surface area (Å²) < 4.78 is 29.8. The first-order valence-corrected chi connectivity index (χ1v) is 14.2. The van der Waals surface area contributed by atoms with E-state index < -0.39 is 15.8 Å². The van der Waals surface area contributed by atoms with Crippen LogP contribution in [0.2, 0.25) is 0 Å². The second kappa shape index (κ2) is 9.29. The molecule has 2 fully saturated rings. The third-order valence-electron chi connectivity index (χ3n) is 7.64. The van der Waals surface area contributed by atoms with Crippen molar-refractivity contribution >= 4 is 32.6 Å². The standard InChI is InChI=1S/C26H32N2O5S/c1-17-10-11-23-21(14-17)25(20-8-4-5-9-22(20)27-23)26(30)33-15-24(29)28(18-6-2-3-7-18)19-12-13-34(31,32)16-19/h4-5,8-9,17-19H,2-3,6-7,10-16H2,1H3. The molecule has 2 aromatic rings. The number of nitrogens with zero attached hydrogens (tertiary/aromatic N) is 2. The first-order chi connectivity index (χ1) is 16.3. The Morgan fingerprint density at radius 2 is 1.85 bits per heavy atom. The zero-order chi connectivity index (χ0) is 23.9. The number of sulfone groups is 1. The van der Waals surface area contributed by atoms with E-state index in [4.69, 9.17) is 9.72 Å². The highest BCUT2D eigenvalue weighted by Crippen LogP contribution is 2.33. The number of esters is 1. The lowest BCUT2D eigenvalue weighted by Crippen LogP contribution is -2.48. The Morgan fingerprint density at radius 3 is 2.59 bits per heavy atom. The number of para-hydroxylation sites is 1. The van der Waals surface area contributed by atoms with Gasteiger partial charge in [-0.05, 0) is 56.1 Å². The van der Waals surface area contributed by atoms with Crippen LogP contribution in [0.3, 0.4) is 0 Å². The van der Waals surface area contributed by atoms with Crippen molar-refractivity contribution < 1.29 is 22.7 Å². The Kier molecular flexibility index (Phi) is 6.35. The van der Waals surface area contributed by atoms with Crippen LogP contribution in [0.15, 0.2) is 24.3 Å². The highest BCUT2D eigenvalue weighted by Gasteiger charge is 2.39. The Morgan fingerprint density at radius 1 is 1.09 bits per heavy atom. The average Bonchev–Trinajstić information content (AvgIpc) is 3.46. The van der Waals surface area contributed by atoms with Gasteiger partial charge < -0.3 is 9.64 Å². The Bertz CT molecular complexity index is 1220. The maximum atomic E-state index is 13.4. The van der Waals surface area contributed by atoms with E-state index in [9.17, 15) is 18.0 Å². The lowest BCUT2D eigenvalue weighted by atomic mass is 9.84. The van der Waals surface area contributed by atoms with Gasteiger partial charge in [0.15, 0.2) is 16.4 Å². The highest BCUT2D eigenvalue weighted by molar-refractivity contribution is 7.91. The zero-order valence-corrected chi connectivity index (χ0v) is 20.5. The minimum Gasteiger partial charge on any atom is -0.452 e. The molecule has 8 heteroatoms. The number of hydrogen-bond acceptors (Lipinski definition) is 6. The quantitative estimate of drug-likeness (QED) is 0.603. The van der Waals surface area contributed by atoms with Crippen LogP contribution in [0.25, 0.3) is 10.9 Å². The fraction of sp³-hybridized carbons (Fsp3) is 0.577. The van der Waals surface area contributed by atoms with E-state index in [0.717, 1.165) is 67.1 Å². The summed E-state index contributed by atoms with van der Waals surface area (Å²) in [6.45, 7) is 1.80. The molecule has 1 aromatic carbocycles. The number of carbonyl (C=O) groups excluding carboxylic acids is 2. The molecule has 1 saturated carbocycles. The number of carbonyl (C=O) groups is 2. The summed E-state index contributed by atoms with van der Waals surface area (Å²) >= 11 is 0. The van der Waals surface area contributed by atoms with Crippen molar-refractivity contribution in [2.24, 2.45) is 5.92 Å². The van der Waals surface area contributed by atoms with Gasteiger partial charge in [0.2, 0.25) is 0 Å². The van der Waals surface area contributed by atoms with Crippen LogP contribution < -0.4 is 0 Å². The second-order valence-corrected chi connectivity index (χ2v) is 12.4. The number of aryl methyl sites for hydroxylation is 1. The van der Waals surface area contributed by atoms with Gasteiger partial charge in [-0.1, -0.05) is 38.0 Å². The van der Waals surface area contributed by atoms with E-state index >= 15 is 0 Å². The summed E-state index contributed by atoms with van der Waals surface area (Å²) in [7, 11) is -3.13. The van der Waals surface area contributed by atoms with Crippen molar-refractivity contribution in [3.8, 4) is 0 Å². The predicted octanol–water partition coefficient (Wildman–Crippen LogP) is 3.47. The monoisotopic (exact) mass is 484 g/mol. The maximum absolute atomic E-state index is 13.4. The first kappa shape index (κ1) is 23.3. The van der Waals surface area contributed by atoms with Gasteiger partial charge >= 0.3 is 5.97 Å². The number of rotatable bonds is 5. The van der Waals surface area contributed by atoms with Crippen molar-refractivity contribution in [3.63, 3.8) is 0 Å².